The van der Waals surface area contributed by atoms with Crippen LogP contribution < -0.4 is 5.32 Å². The maximum absolute atomic E-state index is 14.2. The zero-order chi connectivity index (χ0) is 16.4. The van der Waals surface area contributed by atoms with Gasteiger partial charge in [0.15, 0.2) is 0 Å². The van der Waals surface area contributed by atoms with Gasteiger partial charge < -0.3 is 19.9 Å². The third-order valence-corrected chi connectivity index (χ3v) is 3.50. The number of carbonyl (C=O) groups excluding carboxylic acids is 1. The van der Waals surface area contributed by atoms with Crippen LogP contribution in [0.25, 0.3) is 0 Å². The molecule has 134 valence electrons. The predicted molar refractivity (Wildman–Crippen MR) is 85.6 cm³/mol. The van der Waals surface area contributed by atoms with E-state index in [9.17, 15) is 14.0 Å². The first kappa shape index (κ1) is 21.8. The predicted octanol–water partition coefficient (Wildman–Crippen LogP) is 1.87. The first-order chi connectivity index (χ1) is 10.5. The molecule has 1 aliphatic rings. The van der Waals surface area contributed by atoms with E-state index in [-0.39, 0.29) is 37.9 Å². The first-order valence-electron chi connectivity index (χ1n) is 7.41. The number of nitrogens with one attached hydrogen (secondary N) is 1. The summed E-state index contributed by atoms with van der Waals surface area (Å²) >= 11 is 0. The zero-order valence-corrected chi connectivity index (χ0v) is 14.1. The minimum absolute atomic E-state index is 0. The number of allylic oxidation sites excluding steroid dienone is 1. The van der Waals surface area contributed by atoms with Gasteiger partial charge in [0, 0.05) is 19.4 Å². The summed E-state index contributed by atoms with van der Waals surface area (Å²) in [7, 11) is 1.37. The molecule has 2 atom stereocenters. The number of carboxylic acids is 1. The van der Waals surface area contributed by atoms with E-state index in [2.05, 4.69) is 10.1 Å². The fourth-order valence-electron chi connectivity index (χ4n) is 2.23. The Labute approximate surface area is 141 Å². The summed E-state index contributed by atoms with van der Waals surface area (Å²) in [4.78, 5) is 21.6. The van der Waals surface area contributed by atoms with Crippen molar-refractivity contribution in [2.24, 2.45) is 0 Å². The number of ether oxygens (including phenoxy) is 2. The molecule has 1 aliphatic heterocycles. The molecule has 1 heterocycles. The summed E-state index contributed by atoms with van der Waals surface area (Å²) in [6, 6.07) is -0.834. The van der Waals surface area contributed by atoms with Crippen LogP contribution in [0.3, 0.4) is 0 Å². The van der Waals surface area contributed by atoms with E-state index in [1.807, 2.05) is 6.08 Å². The summed E-state index contributed by atoms with van der Waals surface area (Å²) < 4.78 is 24.0. The standard InChI is InChI=1S/C15H24FNO5.ClH/c1-21-13(18)7-5-3-2-4-6-8-22-11-15(16)9-12(14(19)20)17-10-15;/h4,6,12,17H,2-3,5,7-11H2,1H3,(H,19,20);1H/b6-4+;/t12-,15+;/m0./s1. The van der Waals surface area contributed by atoms with Gasteiger partial charge in [0.05, 0.1) is 20.3 Å². The van der Waals surface area contributed by atoms with Crippen LogP contribution in [0.5, 0.6) is 0 Å². The van der Waals surface area contributed by atoms with E-state index in [1.54, 1.807) is 6.08 Å². The van der Waals surface area contributed by atoms with Crippen molar-refractivity contribution < 1.29 is 28.6 Å². The molecule has 6 nitrogen and oxygen atoms in total. The molecule has 0 aromatic carbocycles. The molecule has 1 fully saturated rings. The van der Waals surface area contributed by atoms with Gasteiger partial charge in [-0.2, -0.15) is 0 Å². The van der Waals surface area contributed by atoms with Crippen LogP contribution >= 0.6 is 12.4 Å². The molecular formula is C15H25ClFNO5. The average molecular weight is 354 g/mol. The van der Waals surface area contributed by atoms with E-state index < -0.39 is 17.7 Å². The van der Waals surface area contributed by atoms with Gasteiger partial charge >= 0.3 is 11.9 Å². The van der Waals surface area contributed by atoms with E-state index in [0.717, 1.165) is 19.3 Å². The highest BCUT2D eigenvalue weighted by molar-refractivity contribution is 5.85. The number of hydrogen-bond acceptors (Lipinski definition) is 5. The number of hydrogen-bond donors (Lipinski definition) is 2. The van der Waals surface area contributed by atoms with Crippen LogP contribution in [-0.4, -0.2) is 55.6 Å². The van der Waals surface area contributed by atoms with E-state index >= 15 is 0 Å². The molecule has 2 N–H and O–H groups in total. The Morgan fingerprint density at radius 3 is 2.74 bits per heavy atom. The lowest BCUT2D eigenvalue weighted by atomic mass is 10.0. The highest BCUT2D eigenvalue weighted by Gasteiger charge is 2.42. The lowest BCUT2D eigenvalue weighted by Gasteiger charge is -2.17. The minimum Gasteiger partial charge on any atom is -0.480 e. The minimum atomic E-state index is -1.61. The van der Waals surface area contributed by atoms with Crippen LogP contribution in [0.2, 0.25) is 0 Å². The van der Waals surface area contributed by atoms with Crippen molar-refractivity contribution in [1.82, 2.24) is 5.32 Å². The number of aliphatic carboxylic acids is 1. The maximum atomic E-state index is 14.2. The molecule has 0 spiro atoms. The monoisotopic (exact) mass is 353 g/mol. The van der Waals surface area contributed by atoms with E-state index in [4.69, 9.17) is 9.84 Å². The molecule has 0 saturated carbocycles. The molecule has 0 bridgehead atoms. The molecule has 0 aliphatic carbocycles. The molecule has 0 radical (unpaired) electrons. The number of alkyl halides is 1. The second kappa shape index (κ2) is 11.4. The Morgan fingerprint density at radius 2 is 2.13 bits per heavy atom. The van der Waals surface area contributed by atoms with Crippen molar-refractivity contribution in [2.45, 2.75) is 43.8 Å². The molecule has 23 heavy (non-hydrogen) atoms. The van der Waals surface area contributed by atoms with Gasteiger partial charge in [0.2, 0.25) is 0 Å². The van der Waals surface area contributed by atoms with Crippen molar-refractivity contribution >= 4 is 24.3 Å². The topological polar surface area (TPSA) is 84.9 Å². The second-order valence-electron chi connectivity index (χ2n) is 5.44. The molecule has 0 amide bonds. The van der Waals surface area contributed by atoms with Gasteiger partial charge in [-0.05, 0) is 19.3 Å². The van der Waals surface area contributed by atoms with Crippen LogP contribution in [0.1, 0.15) is 32.1 Å². The average Bonchev–Trinajstić information content (AvgIpc) is 2.88. The first-order valence-corrected chi connectivity index (χ1v) is 7.41. The molecule has 1 saturated heterocycles. The normalized spacial score (nSPS) is 23.7. The van der Waals surface area contributed by atoms with Gasteiger partial charge in [0.1, 0.15) is 11.7 Å². The lowest BCUT2D eigenvalue weighted by Crippen LogP contribution is -2.31. The lowest BCUT2D eigenvalue weighted by molar-refractivity contribution is -0.141. The van der Waals surface area contributed by atoms with Gasteiger partial charge in [-0.25, -0.2) is 4.39 Å². The Balaban J connectivity index is 0.00000484. The van der Waals surface area contributed by atoms with Gasteiger partial charge in [-0.1, -0.05) is 12.2 Å². The third kappa shape index (κ3) is 8.88. The third-order valence-electron chi connectivity index (χ3n) is 3.50. The Morgan fingerprint density at radius 1 is 1.39 bits per heavy atom. The molecule has 8 heteroatoms. The molecule has 1 rings (SSSR count). The number of rotatable bonds is 10. The number of esters is 1. The summed E-state index contributed by atoms with van der Waals surface area (Å²) in [5.41, 5.74) is -1.61. The maximum Gasteiger partial charge on any atom is 0.320 e. The Bertz CT molecular complexity index is 407. The van der Waals surface area contributed by atoms with Crippen molar-refractivity contribution in [2.75, 3.05) is 26.9 Å². The van der Waals surface area contributed by atoms with E-state index in [1.165, 1.54) is 7.11 Å². The number of carboxylic acid groups (broad SMARTS) is 1. The molecule has 0 unspecified atom stereocenters. The number of unbranched alkanes of at least 4 members (excludes halogenated alkanes) is 2. The molecule has 0 aromatic rings. The highest BCUT2D eigenvalue weighted by atomic mass is 35.5. The van der Waals surface area contributed by atoms with E-state index in [0.29, 0.717) is 13.0 Å². The van der Waals surface area contributed by atoms with Crippen molar-refractivity contribution in [3.8, 4) is 0 Å². The van der Waals surface area contributed by atoms with Crippen LogP contribution in [0.4, 0.5) is 4.39 Å². The Hall–Kier alpha value is -1.18. The van der Waals surface area contributed by atoms with Crippen LogP contribution in [-0.2, 0) is 19.1 Å². The van der Waals surface area contributed by atoms with Gasteiger partial charge in [-0.3, -0.25) is 9.59 Å². The largest absolute Gasteiger partial charge is 0.480 e. The Kier molecular flexibility index (Phi) is 10.8. The molecule has 0 aromatic heterocycles. The van der Waals surface area contributed by atoms with Crippen molar-refractivity contribution in [3.63, 3.8) is 0 Å². The fraction of sp³-hybridized carbons (Fsp3) is 0.733. The summed E-state index contributed by atoms with van der Waals surface area (Å²) in [5, 5.41) is 11.4. The van der Waals surface area contributed by atoms with Crippen molar-refractivity contribution in [3.05, 3.63) is 12.2 Å². The SMILES string of the molecule is COC(=O)CCCC/C=C/COC[C@]1(F)CN[C@H](C(=O)O)C1.Cl. The molecular weight excluding hydrogens is 329 g/mol. The zero-order valence-electron chi connectivity index (χ0n) is 13.3. The van der Waals surface area contributed by atoms with Crippen LogP contribution in [0.15, 0.2) is 12.2 Å². The number of methoxy groups -OCH3 is 1. The highest BCUT2D eigenvalue weighted by Crippen LogP contribution is 2.24. The van der Waals surface area contributed by atoms with Crippen molar-refractivity contribution in [1.29, 1.82) is 0 Å². The summed E-state index contributed by atoms with van der Waals surface area (Å²) in [6.07, 6.45) is 6.55. The number of halogens is 2. The summed E-state index contributed by atoms with van der Waals surface area (Å²) in [5.74, 6) is -1.24. The van der Waals surface area contributed by atoms with Gasteiger partial charge in [0.25, 0.3) is 0 Å². The smallest absolute Gasteiger partial charge is 0.320 e. The fourth-order valence-corrected chi connectivity index (χ4v) is 2.23. The van der Waals surface area contributed by atoms with Crippen LogP contribution in [0, 0.1) is 0 Å². The van der Waals surface area contributed by atoms with Gasteiger partial charge in [-0.15, -0.1) is 12.4 Å². The number of carbonyl (C=O) groups is 2. The second-order valence-corrected chi connectivity index (χ2v) is 5.44. The summed E-state index contributed by atoms with van der Waals surface area (Å²) in [6.45, 7) is 0.179. The quantitative estimate of drug-likeness (QED) is 0.354.